The summed E-state index contributed by atoms with van der Waals surface area (Å²) < 4.78 is 6.31. The van der Waals surface area contributed by atoms with E-state index in [-0.39, 0.29) is 0 Å². The Balaban J connectivity index is 1.10. The van der Waals surface area contributed by atoms with E-state index in [9.17, 15) is 0 Å². The largest absolute Gasteiger partial charge is 0.456 e. The first-order valence-electron chi connectivity index (χ1n) is 16.8. The molecule has 0 fully saturated rings. The topological polar surface area (TPSA) is 16.4 Å². The maximum atomic E-state index is 6.31. The number of aryl methyl sites for hydroxylation is 1. The van der Waals surface area contributed by atoms with E-state index in [2.05, 4.69) is 182 Å². The van der Waals surface area contributed by atoms with Crippen LogP contribution in [-0.4, -0.2) is 0 Å². The minimum Gasteiger partial charge on any atom is -0.456 e. The van der Waals surface area contributed by atoms with Gasteiger partial charge in [0.05, 0.1) is 5.69 Å². The second kappa shape index (κ2) is 12.0. The van der Waals surface area contributed by atoms with E-state index in [0.717, 1.165) is 50.5 Å². The molecule has 2 heteroatoms. The zero-order chi connectivity index (χ0) is 32.7. The highest BCUT2D eigenvalue weighted by molar-refractivity contribution is 5.99. The summed E-state index contributed by atoms with van der Waals surface area (Å²) in [6.45, 7) is 2.14. The Kier molecular flexibility index (Phi) is 7.06. The van der Waals surface area contributed by atoms with Crippen molar-refractivity contribution in [1.29, 1.82) is 0 Å². The highest BCUT2D eigenvalue weighted by atomic mass is 16.3. The highest BCUT2D eigenvalue weighted by Gasteiger charge is 2.17. The summed E-state index contributed by atoms with van der Waals surface area (Å²) in [7, 11) is 0. The normalized spacial score (nSPS) is 11.4. The minimum absolute atomic E-state index is 0.920. The van der Waals surface area contributed by atoms with Crippen LogP contribution in [0.1, 0.15) is 5.56 Å². The lowest BCUT2D eigenvalue weighted by Gasteiger charge is -2.27. The van der Waals surface area contributed by atoms with E-state index >= 15 is 0 Å². The summed E-state index contributed by atoms with van der Waals surface area (Å²) in [6, 6.07) is 65.1. The van der Waals surface area contributed by atoms with Crippen molar-refractivity contribution < 1.29 is 4.42 Å². The molecule has 0 spiro atoms. The van der Waals surface area contributed by atoms with E-state index in [1.54, 1.807) is 0 Å². The Hall–Kier alpha value is -6.38. The van der Waals surface area contributed by atoms with Crippen LogP contribution < -0.4 is 4.90 Å². The Morgan fingerprint density at radius 2 is 0.939 bits per heavy atom. The predicted molar refractivity (Wildman–Crippen MR) is 207 cm³/mol. The Labute approximate surface area is 286 Å². The molecule has 0 unspecified atom stereocenters. The maximum absolute atomic E-state index is 6.31. The van der Waals surface area contributed by atoms with Gasteiger partial charge >= 0.3 is 0 Å². The monoisotopic (exact) mass is 627 g/mol. The van der Waals surface area contributed by atoms with Gasteiger partial charge in [-0.05, 0) is 93.9 Å². The van der Waals surface area contributed by atoms with Gasteiger partial charge in [0.15, 0.2) is 0 Å². The zero-order valence-corrected chi connectivity index (χ0v) is 27.2. The zero-order valence-electron chi connectivity index (χ0n) is 27.2. The first-order chi connectivity index (χ1) is 24.2. The van der Waals surface area contributed by atoms with Gasteiger partial charge in [-0.2, -0.15) is 0 Å². The molecule has 49 heavy (non-hydrogen) atoms. The van der Waals surface area contributed by atoms with Gasteiger partial charge in [-0.25, -0.2) is 0 Å². The van der Waals surface area contributed by atoms with Crippen molar-refractivity contribution in [3.63, 3.8) is 0 Å². The molecular formula is C47H33NO. The average molecular weight is 628 g/mol. The first-order valence-corrected chi connectivity index (χ1v) is 16.8. The van der Waals surface area contributed by atoms with Crippen LogP contribution >= 0.6 is 0 Å². The second-order valence-electron chi connectivity index (χ2n) is 12.6. The van der Waals surface area contributed by atoms with Crippen LogP contribution in [0.5, 0.6) is 0 Å². The van der Waals surface area contributed by atoms with Crippen LogP contribution in [0, 0.1) is 6.92 Å². The Morgan fingerprint density at radius 1 is 0.388 bits per heavy atom. The van der Waals surface area contributed by atoms with Crippen LogP contribution in [-0.2, 0) is 0 Å². The Morgan fingerprint density at radius 3 is 1.67 bits per heavy atom. The molecule has 232 valence electrons. The molecule has 8 aromatic carbocycles. The van der Waals surface area contributed by atoms with Gasteiger partial charge in [0, 0.05) is 33.3 Å². The molecule has 2 nitrogen and oxygen atoms in total. The molecule has 0 aliphatic rings. The van der Waals surface area contributed by atoms with Crippen molar-refractivity contribution in [2.24, 2.45) is 0 Å². The third-order valence-electron chi connectivity index (χ3n) is 9.64. The fourth-order valence-corrected chi connectivity index (χ4v) is 7.10. The van der Waals surface area contributed by atoms with Gasteiger partial charge in [-0.3, -0.25) is 0 Å². The number of hydrogen-bond acceptors (Lipinski definition) is 2. The van der Waals surface area contributed by atoms with Crippen LogP contribution in [0.15, 0.2) is 186 Å². The molecule has 0 N–H and O–H groups in total. The highest BCUT2D eigenvalue weighted by Crippen LogP contribution is 2.41. The van der Waals surface area contributed by atoms with Gasteiger partial charge in [0.1, 0.15) is 11.3 Å². The number of anilines is 3. The van der Waals surface area contributed by atoms with Gasteiger partial charge in [-0.1, -0.05) is 133 Å². The third kappa shape index (κ3) is 5.24. The van der Waals surface area contributed by atoms with E-state index < -0.39 is 0 Å². The summed E-state index contributed by atoms with van der Waals surface area (Å²) >= 11 is 0. The molecule has 0 aliphatic heterocycles. The molecule has 9 rings (SSSR count). The maximum Gasteiger partial charge on any atom is 0.138 e. The smallest absolute Gasteiger partial charge is 0.138 e. The molecule has 0 aliphatic carbocycles. The number of benzene rings is 8. The van der Waals surface area contributed by atoms with Crippen molar-refractivity contribution in [3.8, 4) is 33.6 Å². The molecule has 9 aromatic rings. The lowest BCUT2D eigenvalue weighted by molar-refractivity contribution is 0.629. The summed E-state index contributed by atoms with van der Waals surface area (Å²) in [5.74, 6) is 0.925. The second-order valence-corrected chi connectivity index (χ2v) is 12.6. The molecule has 1 aromatic heterocycles. The fraction of sp³-hybridized carbons (Fsp3) is 0.0213. The number of rotatable bonds is 6. The van der Waals surface area contributed by atoms with Crippen LogP contribution in [0.25, 0.3) is 66.1 Å². The first kappa shape index (κ1) is 28.8. The quantitative estimate of drug-likeness (QED) is 0.182. The number of fused-ring (bicyclic) bond motifs is 3. The number of furan rings is 1. The molecule has 0 amide bonds. The van der Waals surface area contributed by atoms with Crippen LogP contribution in [0.3, 0.4) is 0 Å². The lowest BCUT2D eigenvalue weighted by atomic mass is 9.99. The summed E-state index contributed by atoms with van der Waals surface area (Å²) in [4.78, 5) is 2.37. The van der Waals surface area contributed by atoms with Crippen LogP contribution in [0.4, 0.5) is 17.1 Å². The van der Waals surface area contributed by atoms with E-state index in [1.165, 1.54) is 38.2 Å². The predicted octanol–water partition coefficient (Wildman–Crippen LogP) is 13.5. The van der Waals surface area contributed by atoms with Crippen molar-refractivity contribution in [1.82, 2.24) is 0 Å². The summed E-state index contributed by atoms with van der Waals surface area (Å²) in [5.41, 5.74) is 11.2. The molecule has 0 saturated heterocycles. The number of nitrogens with zero attached hydrogens (tertiary/aromatic N) is 1. The van der Waals surface area contributed by atoms with E-state index in [1.807, 2.05) is 12.1 Å². The minimum atomic E-state index is 0.920. The van der Waals surface area contributed by atoms with Crippen molar-refractivity contribution in [2.75, 3.05) is 4.90 Å². The van der Waals surface area contributed by atoms with E-state index in [4.69, 9.17) is 4.42 Å². The average Bonchev–Trinajstić information content (AvgIpc) is 3.51. The number of para-hydroxylation sites is 1. The molecule has 0 bridgehead atoms. The van der Waals surface area contributed by atoms with Gasteiger partial charge in [-0.15, -0.1) is 0 Å². The summed E-state index contributed by atoms with van der Waals surface area (Å²) in [6.07, 6.45) is 0. The molecule has 0 saturated carbocycles. The molecule has 1 heterocycles. The standard InChI is InChI=1S/C47H33NO/c1-32-43-16-6-7-19-46(43)49-47(32)40-15-8-14-38(31-40)34-22-26-41(27-23-34)48(45-18-9-13-36-11-4-5-17-44(36)45)42-28-24-35(25-29-42)39-21-20-33-10-2-3-12-37(33)30-39/h2-31H,1H3. The van der Waals surface area contributed by atoms with Crippen molar-refractivity contribution >= 4 is 49.6 Å². The van der Waals surface area contributed by atoms with Gasteiger partial charge in [0.2, 0.25) is 0 Å². The SMILES string of the molecule is Cc1c(-c2cccc(-c3ccc(N(c4ccc(-c5ccc6ccccc6c5)cc4)c4cccc5ccccc45)cc3)c2)oc2ccccc12. The lowest BCUT2D eigenvalue weighted by Crippen LogP contribution is -2.10. The fourth-order valence-electron chi connectivity index (χ4n) is 7.10. The molecule has 0 atom stereocenters. The number of hydrogen-bond donors (Lipinski definition) is 0. The van der Waals surface area contributed by atoms with Crippen LogP contribution in [0.2, 0.25) is 0 Å². The van der Waals surface area contributed by atoms with Crippen molar-refractivity contribution in [3.05, 3.63) is 188 Å². The summed E-state index contributed by atoms with van der Waals surface area (Å²) in [5, 5.41) is 6.09. The van der Waals surface area contributed by atoms with Crippen molar-refractivity contribution in [2.45, 2.75) is 6.92 Å². The molecular weight excluding hydrogens is 595 g/mol. The third-order valence-corrected chi connectivity index (χ3v) is 9.64. The van der Waals surface area contributed by atoms with Gasteiger partial charge in [0.25, 0.3) is 0 Å². The Bertz CT molecular complexity index is 2610. The van der Waals surface area contributed by atoms with E-state index in [0.29, 0.717) is 0 Å². The molecule has 0 radical (unpaired) electrons. The van der Waals surface area contributed by atoms with Gasteiger partial charge < -0.3 is 9.32 Å².